The van der Waals surface area contributed by atoms with Crippen LogP contribution in [0.25, 0.3) is 0 Å². The second-order valence-electron chi connectivity index (χ2n) is 3.66. The molecule has 1 fully saturated rings. The molecule has 1 aromatic rings. The largest absolute Gasteiger partial charge is 0.460 e. The van der Waals surface area contributed by atoms with Crippen LogP contribution < -0.4 is 0 Å². The number of rotatable bonds is 4. The van der Waals surface area contributed by atoms with E-state index in [-0.39, 0.29) is 6.61 Å². The third-order valence-corrected chi connectivity index (χ3v) is 2.43. The first-order valence-electron chi connectivity index (χ1n) is 4.87. The molecule has 1 saturated carbocycles. The van der Waals surface area contributed by atoms with Gasteiger partial charge in [0.1, 0.15) is 12.5 Å². The number of ether oxygens (including phenoxy) is 1. The monoisotopic (exact) mass is 222 g/mol. The van der Waals surface area contributed by atoms with Gasteiger partial charge in [0.05, 0.1) is 0 Å². The summed E-state index contributed by atoms with van der Waals surface area (Å²) in [6, 6.07) is 2.76. The van der Waals surface area contributed by atoms with Crippen molar-refractivity contribution in [1.29, 1.82) is 0 Å². The first kappa shape index (κ1) is 10.5. The number of hydrogen-bond acceptors (Lipinski definition) is 5. The minimum absolute atomic E-state index is 0.119. The van der Waals surface area contributed by atoms with E-state index in [0.29, 0.717) is 6.42 Å². The second kappa shape index (κ2) is 4.26. The van der Waals surface area contributed by atoms with Crippen molar-refractivity contribution in [2.75, 3.05) is 0 Å². The van der Waals surface area contributed by atoms with Crippen molar-refractivity contribution < 1.29 is 14.5 Å². The Morgan fingerprint density at radius 2 is 2.50 bits per heavy atom. The molecule has 1 aliphatic rings. The van der Waals surface area contributed by atoms with Crippen molar-refractivity contribution in [1.82, 2.24) is 4.98 Å². The van der Waals surface area contributed by atoms with E-state index in [1.807, 2.05) is 0 Å². The zero-order valence-corrected chi connectivity index (χ0v) is 8.41. The van der Waals surface area contributed by atoms with E-state index in [9.17, 15) is 14.9 Å². The Bertz CT molecular complexity index is 407. The van der Waals surface area contributed by atoms with Gasteiger partial charge in [-0.25, -0.2) is 0 Å². The van der Waals surface area contributed by atoms with Gasteiger partial charge in [0, 0.05) is 29.3 Å². The van der Waals surface area contributed by atoms with Crippen LogP contribution in [0, 0.1) is 16.0 Å². The van der Waals surface area contributed by atoms with Crippen LogP contribution in [0.15, 0.2) is 24.5 Å². The molecule has 1 heterocycles. The normalized spacial score (nSPS) is 22.5. The Morgan fingerprint density at radius 3 is 3.06 bits per heavy atom. The van der Waals surface area contributed by atoms with E-state index in [4.69, 9.17) is 4.74 Å². The van der Waals surface area contributed by atoms with E-state index in [0.717, 1.165) is 5.56 Å². The quantitative estimate of drug-likeness (QED) is 0.427. The Kier molecular flexibility index (Phi) is 2.80. The predicted octanol–water partition coefficient (Wildman–Crippen LogP) is 0.790. The minimum atomic E-state index is -0.749. The second-order valence-corrected chi connectivity index (χ2v) is 3.66. The highest BCUT2D eigenvalue weighted by Gasteiger charge is 2.54. The van der Waals surface area contributed by atoms with Crippen molar-refractivity contribution in [3.63, 3.8) is 0 Å². The van der Waals surface area contributed by atoms with Gasteiger partial charge in [-0.1, -0.05) is 6.07 Å². The standard InChI is InChI=1S/C10H10N2O4/c13-10(8-4-9(8)12(14)15)16-6-7-2-1-3-11-5-7/h1-3,5,8-9H,4,6H2. The third kappa shape index (κ3) is 2.33. The smallest absolute Gasteiger partial charge is 0.316 e. The molecule has 2 rings (SSSR count). The number of carbonyl (C=O) groups excluding carboxylic acids is 1. The molecule has 0 saturated heterocycles. The van der Waals surface area contributed by atoms with E-state index in [1.54, 1.807) is 24.5 Å². The maximum absolute atomic E-state index is 11.3. The van der Waals surface area contributed by atoms with E-state index < -0.39 is 22.9 Å². The average molecular weight is 222 g/mol. The van der Waals surface area contributed by atoms with Crippen molar-refractivity contribution in [3.05, 3.63) is 40.2 Å². The Labute approximate surface area is 91.4 Å². The van der Waals surface area contributed by atoms with Crippen molar-refractivity contribution in [2.45, 2.75) is 19.1 Å². The molecule has 1 aromatic heterocycles. The molecule has 0 amide bonds. The molecule has 6 nitrogen and oxygen atoms in total. The van der Waals surface area contributed by atoms with Crippen LogP contribution in [-0.2, 0) is 16.1 Å². The molecule has 0 N–H and O–H groups in total. The van der Waals surface area contributed by atoms with Gasteiger partial charge in [0.2, 0.25) is 6.04 Å². The highest BCUT2D eigenvalue weighted by Crippen LogP contribution is 2.34. The van der Waals surface area contributed by atoms with Crippen molar-refractivity contribution >= 4 is 5.97 Å². The van der Waals surface area contributed by atoms with Gasteiger partial charge in [-0.05, 0) is 6.07 Å². The maximum atomic E-state index is 11.3. The number of pyridine rings is 1. The molecule has 84 valence electrons. The SMILES string of the molecule is O=C(OCc1cccnc1)C1CC1[N+](=O)[O-]. The molecular weight excluding hydrogens is 212 g/mol. The van der Waals surface area contributed by atoms with Crippen LogP contribution >= 0.6 is 0 Å². The van der Waals surface area contributed by atoms with E-state index in [2.05, 4.69) is 4.98 Å². The first-order chi connectivity index (χ1) is 7.68. The lowest BCUT2D eigenvalue weighted by molar-refractivity contribution is -0.497. The van der Waals surface area contributed by atoms with Gasteiger partial charge >= 0.3 is 5.97 Å². The highest BCUT2D eigenvalue weighted by molar-refractivity contribution is 5.76. The summed E-state index contributed by atoms with van der Waals surface area (Å²) in [5, 5.41) is 10.3. The summed E-state index contributed by atoms with van der Waals surface area (Å²) < 4.78 is 4.95. The molecule has 0 aliphatic heterocycles. The zero-order chi connectivity index (χ0) is 11.5. The lowest BCUT2D eigenvalue weighted by Gasteiger charge is -2.02. The van der Waals surface area contributed by atoms with Crippen LogP contribution in [0.1, 0.15) is 12.0 Å². The molecule has 2 atom stereocenters. The summed E-state index contributed by atoms with van der Waals surface area (Å²) in [5.74, 6) is -1.06. The van der Waals surface area contributed by atoms with Gasteiger partial charge in [0.15, 0.2) is 0 Å². The van der Waals surface area contributed by atoms with Crippen LogP contribution in [0.4, 0.5) is 0 Å². The predicted molar refractivity (Wildman–Crippen MR) is 52.9 cm³/mol. The van der Waals surface area contributed by atoms with Crippen LogP contribution in [-0.4, -0.2) is 21.9 Å². The fraction of sp³-hybridized carbons (Fsp3) is 0.400. The van der Waals surface area contributed by atoms with Crippen LogP contribution in [0.3, 0.4) is 0 Å². The number of carbonyl (C=O) groups is 1. The summed E-state index contributed by atoms with van der Waals surface area (Å²) >= 11 is 0. The molecule has 0 bridgehead atoms. The Hall–Kier alpha value is -1.98. The van der Waals surface area contributed by atoms with Gasteiger partial charge in [0.25, 0.3) is 0 Å². The maximum Gasteiger partial charge on any atom is 0.316 e. The van der Waals surface area contributed by atoms with E-state index in [1.165, 1.54) is 0 Å². The highest BCUT2D eigenvalue weighted by atomic mass is 16.6. The molecular formula is C10H10N2O4. The van der Waals surface area contributed by atoms with Crippen LogP contribution in [0.5, 0.6) is 0 Å². The Morgan fingerprint density at radius 1 is 1.69 bits per heavy atom. The number of esters is 1. The number of hydrogen-bond donors (Lipinski definition) is 0. The molecule has 0 aromatic carbocycles. The van der Waals surface area contributed by atoms with Gasteiger partial charge < -0.3 is 4.74 Å². The van der Waals surface area contributed by atoms with Gasteiger partial charge in [-0.15, -0.1) is 0 Å². The summed E-state index contributed by atoms with van der Waals surface area (Å²) in [6.45, 7) is 0.119. The molecule has 1 aliphatic carbocycles. The zero-order valence-electron chi connectivity index (χ0n) is 8.41. The summed E-state index contributed by atoms with van der Waals surface area (Å²) in [7, 11) is 0. The molecule has 6 heteroatoms. The van der Waals surface area contributed by atoms with Gasteiger partial charge in [-0.2, -0.15) is 0 Å². The third-order valence-electron chi connectivity index (χ3n) is 2.43. The van der Waals surface area contributed by atoms with Gasteiger partial charge in [-0.3, -0.25) is 19.9 Å². The number of aromatic nitrogens is 1. The fourth-order valence-corrected chi connectivity index (χ4v) is 1.41. The summed E-state index contributed by atoms with van der Waals surface area (Å²) in [4.78, 5) is 25.1. The topological polar surface area (TPSA) is 82.3 Å². The van der Waals surface area contributed by atoms with Crippen molar-refractivity contribution in [3.8, 4) is 0 Å². The first-order valence-corrected chi connectivity index (χ1v) is 4.87. The molecule has 16 heavy (non-hydrogen) atoms. The van der Waals surface area contributed by atoms with Crippen LogP contribution in [0.2, 0.25) is 0 Å². The van der Waals surface area contributed by atoms with E-state index >= 15 is 0 Å². The molecule has 0 radical (unpaired) electrons. The molecule has 0 spiro atoms. The fourth-order valence-electron chi connectivity index (χ4n) is 1.41. The lowest BCUT2D eigenvalue weighted by Crippen LogP contribution is -2.13. The number of nitro groups is 1. The minimum Gasteiger partial charge on any atom is -0.460 e. The van der Waals surface area contributed by atoms with Crippen molar-refractivity contribution in [2.24, 2.45) is 5.92 Å². The Balaban J connectivity index is 1.80. The lowest BCUT2D eigenvalue weighted by atomic mass is 10.3. The summed E-state index contributed by atoms with van der Waals surface area (Å²) in [6.07, 6.45) is 3.50. The molecule has 2 unspecified atom stereocenters. The summed E-state index contributed by atoms with van der Waals surface area (Å²) in [5.41, 5.74) is 0.772. The average Bonchev–Trinajstić information content (AvgIpc) is 3.07. The number of nitrogens with zero attached hydrogens (tertiary/aromatic N) is 2.